The zero-order chi connectivity index (χ0) is 7.84. The predicted molar refractivity (Wildman–Crippen MR) is 45.6 cm³/mol. The number of pyridine rings is 1. The van der Waals surface area contributed by atoms with Crippen LogP contribution in [0.2, 0.25) is 0 Å². The minimum atomic E-state index is 1.07. The average Bonchev–Trinajstić information content (AvgIpc) is 2.35. The number of hydrogen-bond donors (Lipinski definition) is 1. The van der Waals surface area contributed by atoms with Gasteiger partial charge in [-0.05, 0) is 25.5 Å². The smallest absolute Gasteiger partial charge is 0.0672 e. The molecule has 56 valence electrons. The zero-order valence-corrected chi connectivity index (χ0v) is 6.68. The van der Waals surface area contributed by atoms with Gasteiger partial charge in [0.05, 0.1) is 11.2 Å². The zero-order valence-electron chi connectivity index (χ0n) is 6.68. The van der Waals surface area contributed by atoms with Crippen LogP contribution >= 0.6 is 0 Å². The Labute approximate surface area is 65.3 Å². The van der Waals surface area contributed by atoms with E-state index in [0.717, 1.165) is 11.2 Å². The Kier molecular flexibility index (Phi) is 1.22. The summed E-state index contributed by atoms with van der Waals surface area (Å²) in [5.74, 6) is 0. The fraction of sp³-hybridized carbons (Fsp3) is 0.222. The highest BCUT2D eigenvalue weighted by Gasteiger charge is 2.00. The summed E-state index contributed by atoms with van der Waals surface area (Å²) in [6.07, 6.45) is 3.86. The number of aromatic nitrogens is 2. The molecule has 0 aromatic carbocycles. The fourth-order valence-electron chi connectivity index (χ4n) is 1.34. The van der Waals surface area contributed by atoms with Crippen molar-refractivity contribution in [1.82, 2.24) is 9.97 Å². The average molecular weight is 146 g/mol. The van der Waals surface area contributed by atoms with E-state index in [1.54, 1.807) is 0 Å². The van der Waals surface area contributed by atoms with Crippen LogP contribution in [0.5, 0.6) is 0 Å². The van der Waals surface area contributed by atoms with Crippen LogP contribution in [-0.4, -0.2) is 9.97 Å². The summed E-state index contributed by atoms with van der Waals surface area (Å²) in [7, 11) is 0. The van der Waals surface area contributed by atoms with Gasteiger partial charge >= 0.3 is 0 Å². The Balaban J connectivity index is 2.94. The van der Waals surface area contributed by atoms with E-state index in [-0.39, 0.29) is 0 Å². The molecule has 2 rings (SSSR count). The molecule has 0 aliphatic heterocycles. The summed E-state index contributed by atoms with van der Waals surface area (Å²) in [4.78, 5) is 7.38. The van der Waals surface area contributed by atoms with Crippen LogP contribution < -0.4 is 0 Å². The molecule has 2 aromatic rings. The van der Waals surface area contributed by atoms with E-state index >= 15 is 0 Å². The fourth-order valence-corrected chi connectivity index (χ4v) is 1.34. The summed E-state index contributed by atoms with van der Waals surface area (Å²) >= 11 is 0. The summed E-state index contributed by atoms with van der Waals surface area (Å²) in [6.45, 7) is 4.11. The first-order valence-corrected chi connectivity index (χ1v) is 3.68. The second-order valence-electron chi connectivity index (χ2n) is 2.79. The number of rotatable bonds is 0. The summed E-state index contributed by atoms with van der Waals surface area (Å²) in [5.41, 5.74) is 3.51. The van der Waals surface area contributed by atoms with Gasteiger partial charge in [0.2, 0.25) is 0 Å². The maximum absolute atomic E-state index is 4.19. The number of fused-ring (bicyclic) bond motifs is 1. The second kappa shape index (κ2) is 2.09. The van der Waals surface area contributed by atoms with Crippen LogP contribution in [0.15, 0.2) is 18.5 Å². The molecule has 0 radical (unpaired) electrons. The number of aryl methyl sites for hydroxylation is 2. The molecule has 2 heteroatoms. The van der Waals surface area contributed by atoms with Crippen LogP contribution in [0, 0.1) is 13.8 Å². The third-order valence-electron chi connectivity index (χ3n) is 2.00. The molecule has 0 saturated heterocycles. The normalized spacial score (nSPS) is 10.7. The molecule has 1 N–H and O–H groups in total. The number of hydrogen-bond acceptors (Lipinski definition) is 1. The molecular formula is C9H10N2. The molecule has 0 amide bonds. The quantitative estimate of drug-likeness (QED) is 0.606. The van der Waals surface area contributed by atoms with Crippen LogP contribution in [-0.2, 0) is 0 Å². The summed E-state index contributed by atoms with van der Waals surface area (Å²) < 4.78 is 0. The first-order chi connectivity index (χ1) is 5.29. The van der Waals surface area contributed by atoms with Crippen molar-refractivity contribution in [3.8, 4) is 0 Å². The van der Waals surface area contributed by atoms with E-state index in [2.05, 4.69) is 16.9 Å². The Morgan fingerprint density at radius 1 is 1.36 bits per heavy atom. The highest BCUT2D eigenvalue weighted by atomic mass is 14.7. The first kappa shape index (κ1) is 6.40. The number of aromatic amines is 1. The van der Waals surface area contributed by atoms with Crippen LogP contribution in [0.3, 0.4) is 0 Å². The Bertz CT molecular complexity index is 387. The minimum Gasteiger partial charge on any atom is -0.359 e. The topological polar surface area (TPSA) is 28.7 Å². The molecule has 2 nitrogen and oxygen atoms in total. The van der Waals surface area contributed by atoms with Crippen LogP contribution in [0.1, 0.15) is 11.3 Å². The number of H-pyrrole nitrogens is 1. The molecule has 0 atom stereocenters. The molecule has 0 unspecified atom stereocenters. The molecule has 0 aliphatic carbocycles. The van der Waals surface area contributed by atoms with Gasteiger partial charge in [-0.2, -0.15) is 0 Å². The lowest BCUT2D eigenvalue weighted by atomic mass is 10.2. The van der Waals surface area contributed by atoms with E-state index < -0.39 is 0 Å². The first-order valence-electron chi connectivity index (χ1n) is 3.68. The van der Waals surface area contributed by atoms with Gasteiger partial charge < -0.3 is 4.98 Å². The van der Waals surface area contributed by atoms with Gasteiger partial charge in [-0.25, -0.2) is 0 Å². The van der Waals surface area contributed by atoms with Crippen molar-refractivity contribution in [3.05, 3.63) is 29.7 Å². The summed E-state index contributed by atoms with van der Waals surface area (Å²) in [6, 6.07) is 2.04. The highest BCUT2D eigenvalue weighted by molar-refractivity contribution is 5.84. The largest absolute Gasteiger partial charge is 0.359 e. The van der Waals surface area contributed by atoms with Gasteiger partial charge in [-0.1, -0.05) is 0 Å². The van der Waals surface area contributed by atoms with E-state index in [4.69, 9.17) is 0 Å². The van der Waals surface area contributed by atoms with Gasteiger partial charge in [0.25, 0.3) is 0 Å². The summed E-state index contributed by atoms with van der Waals surface area (Å²) in [5, 5.41) is 1.28. The standard InChI is InChI=1S/C9H10N2/c1-6-5-11-9-7(2)10-4-3-8(6)9/h3-5,11H,1-2H3. The van der Waals surface area contributed by atoms with Gasteiger partial charge in [-0.3, -0.25) is 4.98 Å². The molecule has 2 aromatic heterocycles. The number of nitrogens with zero attached hydrogens (tertiary/aromatic N) is 1. The van der Waals surface area contributed by atoms with Crippen molar-refractivity contribution >= 4 is 10.9 Å². The van der Waals surface area contributed by atoms with Gasteiger partial charge in [0.1, 0.15) is 0 Å². The Hall–Kier alpha value is -1.31. The van der Waals surface area contributed by atoms with E-state index in [1.807, 2.05) is 25.4 Å². The van der Waals surface area contributed by atoms with Crippen molar-refractivity contribution in [1.29, 1.82) is 0 Å². The predicted octanol–water partition coefficient (Wildman–Crippen LogP) is 2.18. The van der Waals surface area contributed by atoms with Crippen LogP contribution in [0.4, 0.5) is 0 Å². The molecule has 0 spiro atoms. The molecule has 0 saturated carbocycles. The van der Waals surface area contributed by atoms with Gasteiger partial charge in [0, 0.05) is 17.8 Å². The van der Waals surface area contributed by atoms with Crippen molar-refractivity contribution in [2.45, 2.75) is 13.8 Å². The monoisotopic (exact) mass is 146 g/mol. The molecular weight excluding hydrogens is 136 g/mol. The van der Waals surface area contributed by atoms with E-state index in [1.165, 1.54) is 10.9 Å². The second-order valence-corrected chi connectivity index (χ2v) is 2.79. The highest BCUT2D eigenvalue weighted by Crippen LogP contribution is 2.17. The van der Waals surface area contributed by atoms with Gasteiger partial charge in [-0.15, -0.1) is 0 Å². The van der Waals surface area contributed by atoms with Gasteiger partial charge in [0.15, 0.2) is 0 Å². The third kappa shape index (κ3) is 0.827. The van der Waals surface area contributed by atoms with Crippen molar-refractivity contribution in [2.75, 3.05) is 0 Å². The van der Waals surface area contributed by atoms with E-state index in [0.29, 0.717) is 0 Å². The SMILES string of the molecule is Cc1c[nH]c2c(C)nccc12. The molecule has 0 bridgehead atoms. The van der Waals surface area contributed by atoms with E-state index in [9.17, 15) is 0 Å². The third-order valence-corrected chi connectivity index (χ3v) is 2.00. The number of nitrogens with one attached hydrogen (secondary N) is 1. The maximum Gasteiger partial charge on any atom is 0.0672 e. The molecule has 2 heterocycles. The molecule has 0 fully saturated rings. The van der Waals surface area contributed by atoms with Crippen molar-refractivity contribution in [2.24, 2.45) is 0 Å². The van der Waals surface area contributed by atoms with Crippen LogP contribution in [0.25, 0.3) is 10.9 Å². The lowest BCUT2D eigenvalue weighted by Crippen LogP contribution is -1.80. The van der Waals surface area contributed by atoms with Crippen molar-refractivity contribution in [3.63, 3.8) is 0 Å². The molecule has 0 aliphatic rings. The lowest BCUT2D eigenvalue weighted by Gasteiger charge is -1.93. The minimum absolute atomic E-state index is 1.07. The lowest BCUT2D eigenvalue weighted by molar-refractivity contribution is 1.22. The Morgan fingerprint density at radius 3 is 2.91 bits per heavy atom. The van der Waals surface area contributed by atoms with Crippen molar-refractivity contribution < 1.29 is 0 Å². The molecule has 11 heavy (non-hydrogen) atoms. The maximum atomic E-state index is 4.19. The Morgan fingerprint density at radius 2 is 2.18 bits per heavy atom.